The van der Waals surface area contributed by atoms with E-state index in [1.54, 1.807) is 0 Å². The average molecular weight is 236 g/mol. The third kappa shape index (κ3) is 2.32. The Morgan fingerprint density at radius 2 is 1.88 bits per heavy atom. The Morgan fingerprint density at radius 1 is 1.31 bits per heavy atom. The number of ether oxygens (including phenoxy) is 1. The van der Waals surface area contributed by atoms with Gasteiger partial charge in [0.2, 0.25) is 0 Å². The molecule has 0 N–H and O–H groups in total. The van der Waals surface area contributed by atoms with Crippen molar-refractivity contribution in [1.29, 1.82) is 0 Å². The highest BCUT2D eigenvalue weighted by Crippen LogP contribution is 2.38. The highest BCUT2D eigenvalue weighted by atomic mass is 19.4. The molecule has 0 unspecified atom stereocenters. The number of methoxy groups -OCH3 is 1. The van der Waals surface area contributed by atoms with E-state index in [9.17, 15) is 22.4 Å². The molecule has 0 fully saturated rings. The zero-order chi connectivity index (χ0) is 12.5. The molecule has 0 amide bonds. The number of hydrogen-bond acceptors (Lipinski definition) is 2. The van der Waals surface area contributed by atoms with Crippen molar-refractivity contribution in [3.8, 4) is 5.75 Å². The second kappa shape index (κ2) is 4.11. The van der Waals surface area contributed by atoms with E-state index < -0.39 is 29.1 Å². The Kier molecular flexibility index (Phi) is 3.21. The molecular weight excluding hydrogens is 228 g/mol. The Hall–Kier alpha value is -1.59. The summed E-state index contributed by atoms with van der Waals surface area (Å²) in [7, 11) is 0.980. The quantitative estimate of drug-likeness (QED) is 0.582. The third-order valence-electron chi connectivity index (χ3n) is 1.96. The van der Waals surface area contributed by atoms with Gasteiger partial charge < -0.3 is 4.74 Å². The van der Waals surface area contributed by atoms with E-state index in [0.717, 1.165) is 20.1 Å². The lowest BCUT2D eigenvalue weighted by Crippen LogP contribution is -2.12. The van der Waals surface area contributed by atoms with Gasteiger partial charge in [-0.05, 0) is 19.1 Å². The van der Waals surface area contributed by atoms with E-state index in [4.69, 9.17) is 0 Å². The second-order valence-corrected chi connectivity index (χ2v) is 3.09. The van der Waals surface area contributed by atoms with E-state index in [0.29, 0.717) is 6.07 Å². The minimum Gasteiger partial charge on any atom is -0.496 e. The van der Waals surface area contributed by atoms with Gasteiger partial charge >= 0.3 is 6.18 Å². The van der Waals surface area contributed by atoms with Crippen LogP contribution in [0.3, 0.4) is 0 Å². The Labute approximate surface area is 88.8 Å². The van der Waals surface area contributed by atoms with Crippen LogP contribution in [0.1, 0.15) is 22.8 Å². The van der Waals surface area contributed by atoms with Gasteiger partial charge in [-0.3, -0.25) is 4.79 Å². The summed E-state index contributed by atoms with van der Waals surface area (Å²) in [5, 5.41) is 0. The van der Waals surface area contributed by atoms with Crippen molar-refractivity contribution < 1.29 is 27.1 Å². The first-order valence-electron chi connectivity index (χ1n) is 4.23. The summed E-state index contributed by atoms with van der Waals surface area (Å²) < 4.78 is 54.9. The number of ketones is 1. The number of carbonyl (C=O) groups excluding carboxylic acids is 1. The summed E-state index contributed by atoms with van der Waals surface area (Å²) in [6.07, 6.45) is -4.86. The van der Waals surface area contributed by atoms with E-state index in [1.807, 2.05) is 0 Å². The molecule has 0 heterocycles. The fraction of sp³-hybridized carbons (Fsp3) is 0.300. The molecule has 0 spiro atoms. The van der Waals surface area contributed by atoms with E-state index >= 15 is 0 Å². The van der Waals surface area contributed by atoms with Crippen LogP contribution in [0.5, 0.6) is 5.75 Å². The van der Waals surface area contributed by atoms with Crippen LogP contribution >= 0.6 is 0 Å². The van der Waals surface area contributed by atoms with Crippen molar-refractivity contribution in [3.63, 3.8) is 0 Å². The van der Waals surface area contributed by atoms with Crippen LogP contribution in [-0.4, -0.2) is 12.9 Å². The summed E-state index contributed by atoms with van der Waals surface area (Å²) >= 11 is 0. The van der Waals surface area contributed by atoms with Gasteiger partial charge in [0.15, 0.2) is 5.78 Å². The molecule has 88 valence electrons. The third-order valence-corrected chi connectivity index (χ3v) is 1.96. The van der Waals surface area contributed by atoms with Crippen LogP contribution in [0, 0.1) is 5.82 Å². The number of alkyl halides is 3. The predicted molar refractivity (Wildman–Crippen MR) is 48.0 cm³/mol. The van der Waals surface area contributed by atoms with Gasteiger partial charge in [0.25, 0.3) is 0 Å². The lowest BCUT2D eigenvalue weighted by Gasteiger charge is -2.13. The standard InChI is InChI=1S/C10H8F4O2/c1-5(15)6-3-7(11)9(10(12,13)14)8(4-6)16-2/h3-4H,1-2H3. The molecule has 0 aliphatic heterocycles. The van der Waals surface area contributed by atoms with Crippen molar-refractivity contribution >= 4 is 5.78 Å². The lowest BCUT2D eigenvalue weighted by molar-refractivity contribution is -0.141. The first-order valence-corrected chi connectivity index (χ1v) is 4.23. The Morgan fingerprint density at radius 3 is 2.25 bits per heavy atom. The predicted octanol–water partition coefficient (Wildman–Crippen LogP) is 3.06. The van der Waals surface area contributed by atoms with Crippen LogP contribution in [0.4, 0.5) is 17.6 Å². The van der Waals surface area contributed by atoms with Crippen LogP contribution in [-0.2, 0) is 6.18 Å². The molecule has 0 bridgehead atoms. The fourth-order valence-electron chi connectivity index (χ4n) is 1.22. The molecule has 0 radical (unpaired) electrons. The number of benzene rings is 1. The maximum Gasteiger partial charge on any atom is 0.422 e. The molecule has 2 nitrogen and oxygen atoms in total. The maximum absolute atomic E-state index is 13.2. The maximum atomic E-state index is 13.2. The van der Waals surface area contributed by atoms with Gasteiger partial charge in [-0.1, -0.05) is 0 Å². The monoisotopic (exact) mass is 236 g/mol. The number of halogens is 4. The summed E-state index contributed by atoms with van der Waals surface area (Å²) in [4.78, 5) is 10.9. The highest BCUT2D eigenvalue weighted by molar-refractivity contribution is 5.94. The zero-order valence-corrected chi connectivity index (χ0v) is 8.48. The largest absolute Gasteiger partial charge is 0.496 e. The molecule has 0 aliphatic carbocycles. The van der Waals surface area contributed by atoms with Crippen LogP contribution in [0.15, 0.2) is 12.1 Å². The summed E-state index contributed by atoms with van der Waals surface area (Å²) in [5.74, 6) is -2.75. The molecule has 0 saturated heterocycles. The fourth-order valence-corrected chi connectivity index (χ4v) is 1.22. The van der Waals surface area contributed by atoms with E-state index in [2.05, 4.69) is 4.74 Å². The zero-order valence-electron chi connectivity index (χ0n) is 8.48. The summed E-state index contributed by atoms with van der Waals surface area (Å²) in [6, 6.07) is 1.42. The molecule has 1 aromatic carbocycles. The number of Topliss-reactive ketones (excluding diaryl/α,β-unsaturated/α-hetero) is 1. The van der Waals surface area contributed by atoms with Gasteiger partial charge in [-0.15, -0.1) is 0 Å². The topological polar surface area (TPSA) is 26.3 Å². The molecule has 0 aliphatic rings. The molecule has 0 saturated carbocycles. The minimum atomic E-state index is -4.86. The SMILES string of the molecule is COc1cc(C(C)=O)cc(F)c1C(F)(F)F. The van der Waals surface area contributed by atoms with Gasteiger partial charge in [0.1, 0.15) is 17.1 Å². The first-order chi connectivity index (χ1) is 7.27. The molecule has 0 atom stereocenters. The normalized spacial score (nSPS) is 11.4. The van der Waals surface area contributed by atoms with Crippen LogP contribution < -0.4 is 4.74 Å². The summed E-state index contributed by atoms with van der Waals surface area (Å²) in [5.41, 5.74) is -1.66. The lowest BCUT2D eigenvalue weighted by atomic mass is 10.1. The van der Waals surface area contributed by atoms with Crippen LogP contribution in [0.25, 0.3) is 0 Å². The van der Waals surface area contributed by atoms with Crippen molar-refractivity contribution in [3.05, 3.63) is 29.1 Å². The molecule has 1 aromatic rings. The van der Waals surface area contributed by atoms with Gasteiger partial charge in [-0.2, -0.15) is 13.2 Å². The number of hydrogen-bond donors (Lipinski definition) is 0. The minimum absolute atomic E-state index is 0.164. The van der Waals surface area contributed by atoms with Crippen molar-refractivity contribution in [2.75, 3.05) is 7.11 Å². The molecule has 0 aromatic heterocycles. The first kappa shape index (κ1) is 12.5. The molecule has 6 heteroatoms. The highest BCUT2D eigenvalue weighted by Gasteiger charge is 2.38. The molecule has 16 heavy (non-hydrogen) atoms. The number of carbonyl (C=O) groups is 1. The molecule has 1 rings (SSSR count). The van der Waals surface area contributed by atoms with Gasteiger partial charge in [0, 0.05) is 5.56 Å². The van der Waals surface area contributed by atoms with Gasteiger partial charge in [-0.25, -0.2) is 4.39 Å². The van der Waals surface area contributed by atoms with Crippen LogP contribution in [0.2, 0.25) is 0 Å². The second-order valence-electron chi connectivity index (χ2n) is 3.09. The van der Waals surface area contributed by atoms with Crippen molar-refractivity contribution in [2.45, 2.75) is 13.1 Å². The smallest absolute Gasteiger partial charge is 0.422 e. The average Bonchev–Trinajstić information content (AvgIpc) is 2.14. The van der Waals surface area contributed by atoms with Crippen molar-refractivity contribution in [1.82, 2.24) is 0 Å². The number of rotatable bonds is 2. The van der Waals surface area contributed by atoms with E-state index in [-0.39, 0.29) is 5.56 Å². The summed E-state index contributed by atoms with van der Waals surface area (Å²) in [6.45, 7) is 1.13. The van der Waals surface area contributed by atoms with Gasteiger partial charge in [0.05, 0.1) is 7.11 Å². The van der Waals surface area contributed by atoms with Crippen molar-refractivity contribution in [2.24, 2.45) is 0 Å². The van der Waals surface area contributed by atoms with E-state index in [1.165, 1.54) is 0 Å². The Balaban J connectivity index is 3.46. The Bertz CT molecular complexity index is 424. The molecular formula is C10H8F4O2.